The van der Waals surface area contributed by atoms with Crippen LogP contribution in [-0.2, 0) is 6.42 Å². The van der Waals surface area contributed by atoms with Crippen molar-refractivity contribution in [2.24, 2.45) is 0 Å². The van der Waals surface area contributed by atoms with Crippen molar-refractivity contribution in [3.8, 4) is 0 Å². The Hall–Kier alpha value is -1.62. The smallest absolute Gasteiger partial charge is 0.0898 e. The van der Waals surface area contributed by atoms with E-state index in [9.17, 15) is 0 Å². The molecular weight excluding hydrogens is 316 g/mol. The molecule has 0 saturated carbocycles. The normalized spacial score (nSPS) is 12.2. The minimum Gasteiger partial charge on any atom is -0.356 e. The van der Waals surface area contributed by atoms with E-state index >= 15 is 0 Å². The fourth-order valence-corrected chi connectivity index (χ4v) is 2.90. The van der Waals surface area contributed by atoms with E-state index in [0.29, 0.717) is 6.04 Å². The molecule has 25 heavy (non-hydrogen) atoms. The third kappa shape index (κ3) is 13.4. The van der Waals surface area contributed by atoms with Crippen molar-refractivity contribution in [1.29, 1.82) is 0 Å². The van der Waals surface area contributed by atoms with Crippen LogP contribution in [0.4, 0.5) is 0 Å². The highest BCUT2D eigenvalue weighted by molar-refractivity contribution is 5.15. The maximum atomic E-state index is 8.25. The predicted octanol–water partition coefficient (Wildman–Crippen LogP) is 5.21. The molecule has 5 heteroatoms. The summed E-state index contributed by atoms with van der Waals surface area (Å²) in [7, 11) is 4.79. The number of likely N-dealkylation sites (N-methyl/N-ethyl adjacent to an activating group) is 1. The quantitative estimate of drug-likeness (QED) is 0.238. The summed E-state index contributed by atoms with van der Waals surface area (Å²) in [6, 6.07) is 11.6. The Kier molecular flexibility index (Phi) is 12.8. The molecule has 0 aromatic heterocycles. The van der Waals surface area contributed by atoms with Crippen LogP contribution in [0.2, 0.25) is 0 Å². The average Bonchev–Trinajstić information content (AvgIpc) is 2.54. The Balaban J connectivity index is 0.00000129. The number of benzene rings is 1. The molecule has 0 saturated heterocycles. The zero-order valence-corrected chi connectivity index (χ0v) is 16.4. The minimum atomic E-state index is -1.75. The minimum absolute atomic E-state index is 0.687. The molecule has 1 atom stereocenters. The third-order valence-electron chi connectivity index (χ3n) is 4.91. The lowest BCUT2D eigenvalue weighted by Crippen LogP contribution is -2.48. The van der Waals surface area contributed by atoms with Gasteiger partial charge in [-0.2, -0.15) is 0 Å². The zero-order chi connectivity index (χ0) is 19.1. The van der Waals surface area contributed by atoms with Crippen LogP contribution in [0.15, 0.2) is 30.3 Å². The Bertz CT molecular complexity index is 446. The SMILES string of the molecule is CCCCCCCCC[N+](C)(C)C(C)Cc1ccccc1.O=[N+]([O-])[O-]. The second kappa shape index (κ2) is 13.6. The summed E-state index contributed by atoms with van der Waals surface area (Å²) in [6.07, 6.45) is 11.0. The van der Waals surface area contributed by atoms with Crippen LogP contribution in [0.5, 0.6) is 0 Å². The van der Waals surface area contributed by atoms with Gasteiger partial charge in [-0.15, -0.1) is 0 Å². The molecule has 0 aliphatic heterocycles. The summed E-state index contributed by atoms with van der Waals surface area (Å²) < 4.78 is 1.14. The van der Waals surface area contributed by atoms with Crippen LogP contribution < -0.4 is 0 Å². The summed E-state index contributed by atoms with van der Waals surface area (Å²) in [5.74, 6) is 0. The van der Waals surface area contributed by atoms with Gasteiger partial charge in [0.1, 0.15) is 0 Å². The van der Waals surface area contributed by atoms with E-state index in [1.54, 1.807) is 0 Å². The summed E-state index contributed by atoms with van der Waals surface area (Å²) in [4.78, 5) is 8.25. The van der Waals surface area contributed by atoms with E-state index in [0.717, 1.165) is 4.48 Å². The van der Waals surface area contributed by atoms with Gasteiger partial charge in [-0.1, -0.05) is 69.4 Å². The Morgan fingerprint density at radius 3 is 1.96 bits per heavy atom. The van der Waals surface area contributed by atoms with Gasteiger partial charge in [0, 0.05) is 6.42 Å². The standard InChI is InChI=1S/C20H36N.NO3/c1-5-6-7-8-9-10-14-17-21(3,4)19(2)18-20-15-12-11-13-16-20;2-1(3)4/h11-13,15-16,19H,5-10,14,17-18H2,1-4H3;/q+1;-1. The van der Waals surface area contributed by atoms with Crippen LogP contribution in [0, 0.1) is 15.3 Å². The van der Waals surface area contributed by atoms with Crippen LogP contribution in [0.3, 0.4) is 0 Å². The highest BCUT2D eigenvalue weighted by Gasteiger charge is 2.23. The fourth-order valence-electron chi connectivity index (χ4n) is 2.90. The molecule has 1 unspecified atom stereocenters. The first kappa shape index (κ1) is 23.4. The molecule has 0 amide bonds. The molecule has 0 spiro atoms. The zero-order valence-electron chi connectivity index (χ0n) is 16.4. The van der Waals surface area contributed by atoms with Gasteiger partial charge >= 0.3 is 0 Å². The van der Waals surface area contributed by atoms with Crippen molar-refractivity contribution < 1.29 is 9.57 Å². The maximum Gasteiger partial charge on any atom is 0.0898 e. The van der Waals surface area contributed by atoms with Gasteiger partial charge in [0.05, 0.1) is 31.8 Å². The molecule has 0 radical (unpaired) electrons. The van der Waals surface area contributed by atoms with E-state index in [4.69, 9.17) is 15.3 Å². The molecule has 5 nitrogen and oxygen atoms in total. The molecule has 0 aliphatic rings. The van der Waals surface area contributed by atoms with E-state index in [-0.39, 0.29) is 0 Å². The van der Waals surface area contributed by atoms with Crippen molar-refractivity contribution in [3.63, 3.8) is 0 Å². The molecule has 144 valence electrons. The number of quaternary nitrogens is 1. The second-order valence-corrected chi connectivity index (χ2v) is 7.39. The van der Waals surface area contributed by atoms with Crippen LogP contribution in [0.25, 0.3) is 0 Å². The monoisotopic (exact) mass is 352 g/mol. The topological polar surface area (TPSA) is 66.2 Å². The first-order valence-electron chi connectivity index (χ1n) is 9.47. The Labute approximate surface area is 153 Å². The Morgan fingerprint density at radius 2 is 1.44 bits per heavy atom. The van der Waals surface area contributed by atoms with Gasteiger partial charge in [-0.3, -0.25) is 0 Å². The second-order valence-electron chi connectivity index (χ2n) is 7.39. The van der Waals surface area contributed by atoms with E-state index < -0.39 is 5.09 Å². The highest BCUT2D eigenvalue weighted by Crippen LogP contribution is 2.15. The lowest BCUT2D eigenvalue weighted by molar-refractivity contribution is -0.913. The largest absolute Gasteiger partial charge is 0.356 e. The first-order valence-corrected chi connectivity index (χ1v) is 9.47. The van der Waals surface area contributed by atoms with Crippen LogP contribution >= 0.6 is 0 Å². The van der Waals surface area contributed by atoms with E-state index in [2.05, 4.69) is 58.3 Å². The number of hydrogen-bond acceptors (Lipinski definition) is 3. The van der Waals surface area contributed by atoms with Crippen molar-refractivity contribution in [2.75, 3.05) is 20.6 Å². The molecule has 0 bridgehead atoms. The molecule has 0 fully saturated rings. The lowest BCUT2D eigenvalue weighted by atomic mass is 10.0. The lowest BCUT2D eigenvalue weighted by Gasteiger charge is -2.36. The van der Waals surface area contributed by atoms with Gasteiger partial charge < -0.3 is 19.8 Å². The maximum absolute atomic E-state index is 8.25. The van der Waals surface area contributed by atoms with E-state index in [1.807, 2.05) is 0 Å². The van der Waals surface area contributed by atoms with Gasteiger partial charge in [-0.25, -0.2) is 0 Å². The summed E-state index contributed by atoms with van der Waals surface area (Å²) >= 11 is 0. The van der Waals surface area contributed by atoms with Crippen LogP contribution in [-0.4, -0.2) is 36.3 Å². The van der Waals surface area contributed by atoms with Gasteiger partial charge in [0.25, 0.3) is 0 Å². The van der Waals surface area contributed by atoms with E-state index in [1.165, 1.54) is 63.5 Å². The molecular formula is C20H36N2O3. The summed E-state index contributed by atoms with van der Waals surface area (Å²) in [6.45, 7) is 5.99. The number of nitrogens with zero attached hydrogens (tertiary/aromatic N) is 2. The third-order valence-corrected chi connectivity index (χ3v) is 4.91. The number of rotatable bonds is 11. The molecule has 0 heterocycles. The van der Waals surface area contributed by atoms with Crippen LogP contribution in [0.1, 0.15) is 64.4 Å². The van der Waals surface area contributed by atoms with Gasteiger partial charge in [-0.05, 0) is 25.3 Å². The molecule has 1 rings (SSSR count). The average molecular weight is 353 g/mol. The van der Waals surface area contributed by atoms with Gasteiger partial charge in [0.2, 0.25) is 0 Å². The molecule has 1 aromatic rings. The van der Waals surface area contributed by atoms with Crippen molar-refractivity contribution in [3.05, 3.63) is 51.2 Å². The van der Waals surface area contributed by atoms with Gasteiger partial charge in [0.15, 0.2) is 0 Å². The molecule has 0 aliphatic carbocycles. The number of hydrogen-bond donors (Lipinski definition) is 0. The van der Waals surface area contributed by atoms with Crippen molar-refractivity contribution >= 4 is 0 Å². The first-order chi connectivity index (χ1) is 11.8. The summed E-state index contributed by atoms with van der Waals surface area (Å²) in [5.41, 5.74) is 1.47. The fraction of sp³-hybridized carbons (Fsp3) is 0.700. The van der Waals surface area contributed by atoms with Crippen molar-refractivity contribution in [1.82, 2.24) is 0 Å². The number of unbranched alkanes of at least 4 members (excludes halogenated alkanes) is 6. The molecule has 1 aromatic carbocycles. The highest BCUT2D eigenvalue weighted by atomic mass is 16.9. The predicted molar refractivity (Wildman–Crippen MR) is 105 cm³/mol. The Morgan fingerprint density at radius 1 is 0.960 bits per heavy atom. The summed E-state index contributed by atoms with van der Waals surface area (Å²) in [5, 5.41) is 14.8. The van der Waals surface area contributed by atoms with Crippen molar-refractivity contribution in [2.45, 2.75) is 71.3 Å². The molecule has 0 N–H and O–H groups in total.